The molecule has 40 nitrogen and oxygen atoms in total. The first-order chi connectivity index (χ1) is 41.1. The second kappa shape index (κ2) is 30.7. The van der Waals surface area contributed by atoms with Crippen molar-refractivity contribution < 1.29 is 175 Å². The molecule has 31 atom stereocenters. The van der Waals surface area contributed by atoms with Crippen LogP contribution < -0.4 is 21.3 Å². The summed E-state index contributed by atoms with van der Waals surface area (Å²) in [7, 11) is -5.20. The van der Waals surface area contributed by atoms with Crippen molar-refractivity contribution in [1.82, 2.24) is 21.3 Å². The van der Waals surface area contributed by atoms with Crippen LogP contribution in [0.15, 0.2) is 0 Å². The van der Waals surface area contributed by atoms with Gasteiger partial charge in [-0.2, -0.15) is 8.42 Å². The van der Waals surface area contributed by atoms with Gasteiger partial charge in [-0.3, -0.25) is 23.7 Å². The van der Waals surface area contributed by atoms with Crippen LogP contribution in [0.3, 0.4) is 0 Å². The van der Waals surface area contributed by atoms with Crippen LogP contribution in [-0.4, -0.2) is 347 Å². The average molecular weight is 1310 g/mol. The van der Waals surface area contributed by atoms with Gasteiger partial charge in [0, 0.05) is 34.1 Å². The number of carbonyl (C=O) groups excluding carboxylic acids is 4. The van der Waals surface area contributed by atoms with Gasteiger partial charge in [-0.1, -0.05) is 0 Å². The molecule has 6 aliphatic rings. The van der Waals surface area contributed by atoms with E-state index in [4.69, 9.17) is 52.1 Å². The summed E-state index contributed by atoms with van der Waals surface area (Å²) in [6, 6.07) is -7.19. The third kappa shape index (κ3) is 17.1. The molecule has 6 rings (SSSR count). The third-order valence-corrected chi connectivity index (χ3v) is 15.6. The van der Waals surface area contributed by atoms with Gasteiger partial charge in [-0.15, -0.1) is 0 Å². The number of nitrogens with one attached hydrogen (secondary N) is 4. The monoisotopic (exact) mass is 1310 g/mol. The Bertz CT molecular complexity index is 2460. The zero-order chi connectivity index (χ0) is 65.8. The average Bonchev–Trinajstić information content (AvgIpc) is 2.08. The molecule has 0 bridgehead atoms. The molecular formula is C47H78N4O36S. The lowest BCUT2D eigenvalue weighted by atomic mass is 9.88. The summed E-state index contributed by atoms with van der Waals surface area (Å²) >= 11 is 0. The Balaban J connectivity index is 1.35. The number of rotatable bonds is 24. The number of hydrogen-bond donors (Lipinski definition) is 21. The molecule has 0 unspecified atom stereocenters. The van der Waals surface area contributed by atoms with E-state index in [1.165, 1.54) is 6.92 Å². The number of aliphatic hydroxyl groups excluding tert-OH is 15. The Morgan fingerprint density at radius 2 is 1.06 bits per heavy atom. The van der Waals surface area contributed by atoms with E-state index in [-0.39, 0.29) is 0 Å². The Hall–Kier alpha value is -3.82. The molecule has 0 saturated carbocycles. The summed E-state index contributed by atoms with van der Waals surface area (Å²) in [6.07, 6.45) is -54.9. The van der Waals surface area contributed by atoms with Crippen molar-refractivity contribution in [2.45, 2.75) is 231 Å². The molecule has 0 aliphatic carbocycles. The molecule has 0 spiro atoms. The van der Waals surface area contributed by atoms with Gasteiger partial charge in [0.1, 0.15) is 134 Å². The van der Waals surface area contributed by atoms with E-state index in [1.54, 1.807) is 0 Å². The van der Waals surface area contributed by atoms with Crippen LogP contribution in [-0.2, 0) is 90.7 Å². The molecule has 0 aromatic rings. The van der Waals surface area contributed by atoms with Gasteiger partial charge in [0.05, 0.1) is 51.3 Å². The van der Waals surface area contributed by atoms with Crippen molar-refractivity contribution in [3.05, 3.63) is 0 Å². The normalized spacial score (nSPS) is 44.0. The zero-order valence-electron chi connectivity index (χ0n) is 47.3. The molecule has 6 aliphatic heterocycles. The molecule has 41 heteroatoms. The molecule has 6 heterocycles. The quantitative estimate of drug-likeness (QED) is 0.0399. The molecular weight excluding hydrogens is 1230 g/mol. The van der Waals surface area contributed by atoms with E-state index in [0.717, 1.165) is 27.7 Å². The molecule has 0 aromatic heterocycles. The largest absolute Gasteiger partial charge is 0.477 e. The summed E-state index contributed by atoms with van der Waals surface area (Å²) in [6.45, 7) is -0.649. The predicted molar refractivity (Wildman–Crippen MR) is 272 cm³/mol. The molecule has 88 heavy (non-hydrogen) atoms. The Kier molecular flexibility index (Phi) is 25.6. The minimum Gasteiger partial charge on any atom is -0.477 e. The number of hydrogen-bond acceptors (Lipinski definition) is 34. The summed E-state index contributed by atoms with van der Waals surface area (Å²) in [5.41, 5.74) is 0. The molecule has 0 radical (unpaired) electrons. The Labute approximate surface area is 498 Å². The van der Waals surface area contributed by atoms with E-state index < -0.39 is 269 Å². The Morgan fingerprint density at radius 3 is 1.62 bits per heavy atom. The number of ether oxygens (including phenoxy) is 11. The van der Waals surface area contributed by atoms with E-state index in [9.17, 15) is 119 Å². The number of carbonyl (C=O) groups is 5. The highest BCUT2D eigenvalue weighted by molar-refractivity contribution is 7.80. The summed E-state index contributed by atoms with van der Waals surface area (Å²) < 4.78 is 101. The summed E-state index contributed by atoms with van der Waals surface area (Å²) in [5.74, 6) is -8.94. The van der Waals surface area contributed by atoms with Gasteiger partial charge in [-0.05, 0) is 6.92 Å². The third-order valence-electron chi connectivity index (χ3n) is 15.2. The van der Waals surface area contributed by atoms with Crippen LogP contribution in [0.4, 0.5) is 0 Å². The van der Waals surface area contributed by atoms with Crippen LogP contribution in [0.5, 0.6) is 0 Å². The van der Waals surface area contributed by atoms with Gasteiger partial charge in [-0.25, -0.2) is 8.98 Å². The van der Waals surface area contributed by atoms with Crippen molar-refractivity contribution in [2.24, 2.45) is 0 Å². The van der Waals surface area contributed by atoms with Gasteiger partial charge >= 0.3 is 16.4 Å². The fourth-order valence-electron chi connectivity index (χ4n) is 10.8. The molecule has 21 N–H and O–H groups in total. The number of carboxylic acids is 1. The minimum absolute atomic E-state index is 0.854. The van der Waals surface area contributed by atoms with Crippen molar-refractivity contribution >= 4 is 40.0 Å². The fourth-order valence-corrected chi connectivity index (χ4v) is 11.1. The van der Waals surface area contributed by atoms with Gasteiger partial charge in [0.25, 0.3) is 5.79 Å². The first-order valence-electron chi connectivity index (χ1n) is 27.2. The second-order valence-corrected chi connectivity index (χ2v) is 22.8. The molecule has 508 valence electrons. The molecule has 6 saturated heterocycles. The van der Waals surface area contributed by atoms with Crippen LogP contribution in [0.25, 0.3) is 0 Å². The van der Waals surface area contributed by atoms with E-state index >= 15 is 0 Å². The fraction of sp³-hybridized carbons (Fsp3) is 0.894. The van der Waals surface area contributed by atoms with Crippen molar-refractivity contribution in [3.8, 4) is 0 Å². The molecule has 6 fully saturated rings. The SMILES string of the molecule is CC(=O)N[C@@H]1[C@@H](O[C@@H]2O[C@H](COS(=O)(=O)O)[C@@H](O)[C@H](O)[C@H]2NC(C)=O)[C@@H](O)[C@@H](CO[C@@H]2O[C@H](CO)[C@@H](O[C@@H]3O[C@H](CO)[C@H](O)[C@H](O[C@]4(C(=O)O)C[C@H](O)[C@@H](NC(C)=O)[C@H]([C@H](O)[C@H](O)CO)O4)[C@H]3O)[C@H](O[C@@H]3O[C@@H](C)[C@@H](O)[C@@H](O)[C@@H]3O)[C@H]2NC(C)=O)O[C@@H]1O. The first kappa shape index (κ1) is 73.2. The highest BCUT2D eigenvalue weighted by Crippen LogP contribution is 2.40. The topological polar surface area (TPSA) is 622 Å². The standard InChI is InChI=1S/C47H78N4O36S/c1-12-27(61)33(67)34(68)44(78-12)85-39-26(51-16(5)58)42(76-10-21-31(65)37(25(41(70)79-21)50-15(4)57)84-43-24(49-14(3)56)32(66)29(63)22(82-43)11-77-88(73,74)75)81-20(9-54)36(39)83-45-35(69)40(30(64)19(8-53)80-45)87-47(46(71)72)6-17(59)23(48-13(2)55)38(86-47)28(62)18(60)7-52/h12,17-45,52-54,59-70H,6-11H2,1-5H3,(H,48,55)(H,49,56)(H,50,57)(H,51,58)(H,71,72)(H,73,74,75)/t12-,17-,18+,19+,20+,21+,22+,23+,24+,25+,26+,27+,28+,29+,30-,31-,32+,33+,34-,35+,36+,37+,38+,39+,40-,41-,42+,43-,44-,45-,47-/m0/s1. The number of carboxylic acid groups (broad SMARTS) is 1. The maximum atomic E-state index is 13.2. The van der Waals surface area contributed by atoms with Crippen LogP contribution in [0.2, 0.25) is 0 Å². The first-order valence-corrected chi connectivity index (χ1v) is 28.6. The van der Waals surface area contributed by atoms with E-state index in [0.29, 0.717) is 0 Å². The number of aliphatic carboxylic acids is 1. The summed E-state index contributed by atoms with van der Waals surface area (Å²) in [5, 5.41) is 185. The second-order valence-electron chi connectivity index (χ2n) is 21.7. The molecule has 0 aromatic carbocycles. The van der Waals surface area contributed by atoms with Crippen molar-refractivity contribution in [2.75, 3.05) is 33.0 Å². The lowest BCUT2D eigenvalue weighted by Crippen LogP contribution is -2.71. The highest BCUT2D eigenvalue weighted by atomic mass is 32.3. The van der Waals surface area contributed by atoms with Gasteiger partial charge < -0.3 is 155 Å². The number of aliphatic hydroxyl groups is 15. The van der Waals surface area contributed by atoms with Gasteiger partial charge in [0.15, 0.2) is 31.5 Å². The summed E-state index contributed by atoms with van der Waals surface area (Å²) in [4.78, 5) is 63.4. The van der Waals surface area contributed by atoms with E-state index in [1.807, 2.05) is 0 Å². The van der Waals surface area contributed by atoms with Crippen LogP contribution >= 0.6 is 0 Å². The Morgan fingerprint density at radius 1 is 0.545 bits per heavy atom. The van der Waals surface area contributed by atoms with Crippen LogP contribution in [0, 0.1) is 0 Å². The highest BCUT2D eigenvalue weighted by Gasteiger charge is 2.62. The predicted octanol–water partition coefficient (Wildman–Crippen LogP) is -13.5. The minimum atomic E-state index is -5.20. The van der Waals surface area contributed by atoms with Crippen molar-refractivity contribution in [1.29, 1.82) is 0 Å². The smallest absolute Gasteiger partial charge is 0.397 e. The maximum absolute atomic E-state index is 13.2. The van der Waals surface area contributed by atoms with Crippen LogP contribution in [0.1, 0.15) is 41.0 Å². The van der Waals surface area contributed by atoms with Gasteiger partial charge in [0.2, 0.25) is 23.6 Å². The number of amides is 4. The molecule has 4 amide bonds. The lowest BCUT2D eigenvalue weighted by molar-refractivity contribution is -0.392. The lowest BCUT2D eigenvalue weighted by Gasteiger charge is -2.52. The maximum Gasteiger partial charge on any atom is 0.397 e. The zero-order valence-corrected chi connectivity index (χ0v) is 48.1. The van der Waals surface area contributed by atoms with Crippen molar-refractivity contribution in [3.63, 3.8) is 0 Å². The van der Waals surface area contributed by atoms with E-state index in [2.05, 4.69) is 25.5 Å².